The molecule has 2 rings (SSSR count). The molecule has 2 heterocycles. The lowest BCUT2D eigenvalue weighted by atomic mass is 10.0. The number of nitrogens with one attached hydrogen (secondary N) is 1. The van der Waals surface area contributed by atoms with Gasteiger partial charge in [-0.1, -0.05) is 18.5 Å². The molecule has 0 radical (unpaired) electrons. The van der Waals surface area contributed by atoms with Crippen molar-refractivity contribution < 1.29 is 0 Å². The predicted octanol–water partition coefficient (Wildman–Crippen LogP) is 4.04. The van der Waals surface area contributed by atoms with Crippen LogP contribution in [-0.4, -0.2) is 16.3 Å². The maximum atomic E-state index is 6.08. The van der Waals surface area contributed by atoms with Gasteiger partial charge in [0.2, 0.25) is 0 Å². The maximum Gasteiger partial charge on any atom is 0.0931 e. The molecule has 20 heavy (non-hydrogen) atoms. The fourth-order valence-electron chi connectivity index (χ4n) is 2.42. The van der Waals surface area contributed by atoms with Gasteiger partial charge in [-0.3, -0.25) is 4.68 Å². The first-order chi connectivity index (χ1) is 9.52. The third kappa shape index (κ3) is 3.43. The van der Waals surface area contributed by atoms with Gasteiger partial charge in [0.05, 0.1) is 10.0 Å². The molecule has 2 aromatic rings. The van der Waals surface area contributed by atoms with E-state index in [4.69, 9.17) is 11.6 Å². The smallest absolute Gasteiger partial charge is 0.0931 e. The van der Waals surface area contributed by atoms with Crippen LogP contribution in [0.2, 0.25) is 4.34 Å². The summed E-state index contributed by atoms with van der Waals surface area (Å²) in [6.45, 7) is 7.42. The Balaban J connectivity index is 2.23. The monoisotopic (exact) mass is 311 g/mol. The molecule has 0 amide bonds. The fourth-order valence-corrected chi connectivity index (χ4v) is 3.56. The predicted molar refractivity (Wildman–Crippen MR) is 86.7 cm³/mol. The molecule has 110 valence electrons. The Morgan fingerprint density at radius 1 is 1.40 bits per heavy atom. The topological polar surface area (TPSA) is 29.9 Å². The van der Waals surface area contributed by atoms with Crippen LogP contribution < -0.4 is 5.32 Å². The number of thiophene rings is 1. The van der Waals surface area contributed by atoms with Crippen molar-refractivity contribution in [2.24, 2.45) is 7.05 Å². The van der Waals surface area contributed by atoms with Gasteiger partial charge >= 0.3 is 0 Å². The second-order valence-electron chi connectivity index (χ2n) is 5.13. The minimum absolute atomic E-state index is 0.314. The molecule has 0 aliphatic carbocycles. The van der Waals surface area contributed by atoms with E-state index in [2.05, 4.69) is 37.3 Å². The van der Waals surface area contributed by atoms with Crippen molar-refractivity contribution in [3.63, 3.8) is 0 Å². The fraction of sp³-hybridized carbons (Fsp3) is 0.533. The molecule has 0 spiro atoms. The van der Waals surface area contributed by atoms with Gasteiger partial charge < -0.3 is 5.32 Å². The first-order valence-electron chi connectivity index (χ1n) is 7.00. The third-order valence-electron chi connectivity index (χ3n) is 3.65. The number of halogens is 1. The van der Waals surface area contributed by atoms with Crippen LogP contribution in [-0.2, 0) is 13.5 Å². The Hall–Kier alpha value is -0.840. The van der Waals surface area contributed by atoms with Gasteiger partial charge in [0.25, 0.3) is 0 Å². The van der Waals surface area contributed by atoms with Crippen LogP contribution in [0, 0.1) is 13.8 Å². The quantitative estimate of drug-likeness (QED) is 0.872. The summed E-state index contributed by atoms with van der Waals surface area (Å²) in [5.41, 5.74) is 3.70. The molecule has 1 unspecified atom stereocenters. The Kier molecular flexibility index (Phi) is 5.24. The number of aryl methyl sites for hydroxylation is 2. The van der Waals surface area contributed by atoms with Crippen molar-refractivity contribution >= 4 is 22.9 Å². The largest absolute Gasteiger partial charge is 0.309 e. The van der Waals surface area contributed by atoms with Crippen LogP contribution in [0.1, 0.15) is 41.2 Å². The molecule has 0 aliphatic rings. The standard InChI is InChI=1S/C15H22ClN3S/c1-5-8-17-13(14-6-7-15(16)20-14)9-12-10(2)18-19(4)11(12)3/h6-7,13,17H,5,8-9H2,1-4H3. The summed E-state index contributed by atoms with van der Waals surface area (Å²) in [7, 11) is 2.00. The van der Waals surface area contributed by atoms with E-state index in [1.807, 2.05) is 17.8 Å². The van der Waals surface area contributed by atoms with Crippen molar-refractivity contribution in [2.75, 3.05) is 6.54 Å². The normalized spacial score (nSPS) is 12.8. The Bertz CT molecular complexity index is 574. The molecule has 0 aliphatic heterocycles. The van der Waals surface area contributed by atoms with E-state index in [-0.39, 0.29) is 0 Å². The lowest BCUT2D eigenvalue weighted by molar-refractivity contribution is 0.534. The summed E-state index contributed by atoms with van der Waals surface area (Å²) in [6.07, 6.45) is 2.09. The molecule has 0 saturated heterocycles. The minimum atomic E-state index is 0.314. The Labute approximate surface area is 130 Å². The molecule has 1 N–H and O–H groups in total. The van der Waals surface area contributed by atoms with Gasteiger partial charge in [-0.05, 0) is 50.9 Å². The SMILES string of the molecule is CCCNC(Cc1c(C)nn(C)c1C)c1ccc(Cl)s1. The third-order valence-corrected chi connectivity index (χ3v) is 4.99. The Morgan fingerprint density at radius 3 is 2.65 bits per heavy atom. The number of hydrogen-bond acceptors (Lipinski definition) is 3. The van der Waals surface area contributed by atoms with E-state index >= 15 is 0 Å². The molecule has 0 fully saturated rings. The average Bonchev–Trinajstić information content (AvgIpc) is 2.93. The van der Waals surface area contributed by atoms with Crippen molar-refractivity contribution in [2.45, 2.75) is 39.7 Å². The Morgan fingerprint density at radius 2 is 2.15 bits per heavy atom. The van der Waals surface area contributed by atoms with Gasteiger partial charge in [-0.25, -0.2) is 0 Å². The van der Waals surface area contributed by atoms with Gasteiger partial charge in [0.15, 0.2) is 0 Å². The summed E-state index contributed by atoms with van der Waals surface area (Å²) >= 11 is 7.74. The van der Waals surface area contributed by atoms with Crippen LogP contribution in [0.3, 0.4) is 0 Å². The lowest BCUT2D eigenvalue weighted by Gasteiger charge is -2.17. The highest BCUT2D eigenvalue weighted by Gasteiger charge is 2.18. The second kappa shape index (κ2) is 6.74. The molecule has 0 saturated carbocycles. The molecule has 2 aromatic heterocycles. The first-order valence-corrected chi connectivity index (χ1v) is 8.20. The molecule has 5 heteroatoms. The highest BCUT2D eigenvalue weighted by Crippen LogP contribution is 2.30. The van der Waals surface area contributed by atoms with E-state index in [1.165, 1.54) is 16.1 Å². The summed E-state index contributed by atoms with van der Waals surface area (Å²) in [4.78, 5) is 1.30. The van der Waals surface area contributed by atoms with Crippen LogP contribution in [0.4, 0.5) is 0 Å². The van der Waals surface area contributed by atoms with Crippen LogP contribution in [0.15, 0.2) is 12.1 Å². The van der Waals surface area contributed by atoms with E-state index in [0.717, 1.165) is 29.4 Å². The van der Waals surface area contributed by atoms with Crippen molar-refractivity contribution in [3.8, 4) is 0 Å². The van der Waals surface area contributed by atoms with E-state index < -0.39 is 0 Å². The van der Waals surface area contributed by atoms with Gasteiger partial charge in [0.1, 0.15) is 0 Å². The zero-order valence-electron chi connectivity index (χ0n) is 12.5. The molecular formula is C15H22ClN3S. The van der Waals surface area contributed by atoms with Gasteiger partial charge in [0, 0.05) is 23.7 Å². The minimum Gasteiger partial charge on any atom is -0.309 e. The zero-order valence-corrected chi connectivity index (χ0v) is 14.1. The van der Waals surface area contributed by atoms with Crippen molar-refractivity contribution in [1.29, 1.82) is 0 Å². The summed E-state index contributed by atoms with van der Waals surface area (Å²) in [5, 5.41) is 8.14. The first kappa shape index (κ1) is 15.5. The zero-order chi connectivity index (χ0) is 14.7. The van der Waals surface area contributed by atoms with Gasteiger partial charge in [-0.15, -0.1) is 11.3 Å². The lowest BCUT2D eigenvalue weighted by Crippen LogP contribution is -2.23. The van der Waals surface area contributed by atoms with E-state index in [1.54, 1.807) is 11.3 Å². The van der Waals surface area contributed by atoms with Crippen LogP contribution >= 0.6 is 22.9 Å². The number of aromatic nitrogens is 2. The van der Waals surface area contributed by atoms with E-state index in [9.17, 15) is 0 Å². The van der Waals surface area contributed by atoms with Crippen molar-refractivity contribution in [3.05, 3.63) is 38.3 Å². The van der Waals surface area contributed by atoms with Crippen molar-refractivity contribution in [1.82, 2.24) is 15.1 Å². The number of rotatable bonds is 6. The molecule has 3 nitrogen and oxygen atoms in total. The average molecular weight is 312 g/mol. The number of nitrogens with zero attached hydrogens (tertiary/aromatic N) is 2. The van der Waals surface area contributed by atoms with Crippen LogP contribution in [0.5, 0.6) is 0 Å². The molecule has 1 atom stereocenters. The highest BCUT2D eigenvalue weighted by molar-refractivity contribution is 7.16. The maximum absolute atomic E-state index is 6.08. The summed E-state index contributed by atoms with van der Waals surface area (Å²) in [5.74, 6) is 0. The van der Waals surface area contributed by atoms with E-state index in [0.29, 0.717) is 6.04 Å². The van der Waals surface area contributed by atoms with Crippen LogP contribution in [0.25, 0.3) is 0 Å². The molecule has 0 bridgehead atoms. The molecular weight excluding hydrogens is 290 g/mol. The summed E-state index contributed by atoms with van der Waals surface area (Å²) < 4.78 is 2.81. The molecule has 0 aromatic carbocycles. The summed E-state index contributed by atoms with van der Waals surface area (Å²) in [6, 6.07) is 4.42. The second-order valence-corrected chi connectivity index (χ2v) is 6.87. The number of hydrogen-bond donors (Lipinski definition) is 1. The van der Waals surface area contributed by atoms with Gasteiger partial charge in [-0.2, -0.15) is 5.10 Å². The highest BCUT2D eigenvalue weighted by atomic mass is 35.5.